The van der Waals surface area contributed by atoms with Crippen molar-refractivity contribution in [3.8, 4) is 11.3 Å². The van der Waals surface area contributed by atoms with Crippen LogP contribution in [0, 0.1) is 0 Å². The predicted octanol–water partition coefficient (Wildman–Crippen LogP) is 4.02. The highest BCUT2D eigenvalue weighted by atomic mass is 35.5. The first-order valence-corrected chi connectivity index (χ1v) is 5.94. The van der Waals surface area contributed by atoms with Crippen LogP contribution in [0.15, 0.2) is 60.7 Å². The van der Waals surface area contributed by atoms with Gasteiger partial charge in [0.2, 0.25) is 0 Å². The zero-order chi connectivity index (χ0) is 13.2. The van der Waals surface area contributed by atoms with Gasteiger partial charge in [-0.1, -0.05) is 48.5 Å². The van der Waals surface area contributed by atoms with Crippen LogP contribution < -0.4 is 0 Å². The molecule has 0 fully saturated rings. The molecule has 100 valence electrons. The molecule has 0 aliphatic rings. The van der Waals surface area contributed by atoms with Crippen LogP contribution in [0.3, 0.4) is 0 Å². The zero-order valence-electron chi connectivity index (χ0n) is 10.5. The Kier molecular flexibility index (Phi) is 4.01. The van der Waals surface area contributed by atoms with Crippen LogP contribution >= 0.6 is 12.4 Å². The number of rotatable bonds is 2. The Bertz CT molecular complexity index is 757. The van der Waals surface area contributed by atoms with E-state index in [0.29, 0.717) is 16.6 Å². The normalized spacial score (nSPS) is 10.0. The van der Waals surface area contributed by atoms with Gasteiger partial charge in [-0.3, -0.25) is 0 Å². The summed E-state index contributed by atoms with van der Waals surface area (Å²) in [5.74, 6) is -0.934. The third kappa shape index (κ3) is 2.49. The van der Waals surface area contributed by atoms with Gasteiger partial charge in [-0.05, 0) is 12.1 Å². The highest BCUT2D eigenvalue weighted by Gasteiger charge is 2.12. The molecule has 3 aromatic rings. The Balaban J connectivity index is 0.00000147. The molecule has 20 heavy (non-hydrogen) atoms. The van der Waals surface area contributed by atoms with Gasteiger partial charge in [-0.15, -0.1) is 12.4 Å². The number of hydrogen-bond donors (Lipinski definition) is 1. The second-order valence-electron chi connectivity index (χ2n) is 4.24. The van der Waals surface area contributed by atoms with Gasteiger partial charge in [-0.25, -0.2) is 9.78 Å². The average molecular weight is 286 g/mol. The van der Waals surface area contributed by atoms with E-state index in [1.807, 2.05) is 48.5 Å². The van der Waals surface area contributed by atoms with Gasteiger partial charge in [0.05, 0.1) is 16.8 Å². The Morgan fingerprint density at radius 1 is 0.950 bits per heavy atom. The van der Waals surface area contributed by atoms with Gasteiger partial charge in [0, 0.05) is 10.9 Å². The maximum atomic E-state index is 11.4. The SMILES string of the molecule is Cl.O=C(O)c1cc(-c2ccccc2)nc2ccccc12. The molecule has 0 atom stereocenters. The number of halogens is 1. The van der Waals surface area contributed by atoms with Gasteiger partial charge < -0.3 is 5.11 Å². The van der Waals surface area contributed by atoms with E-state index in [4.69, 9.17) is 0 Å². The van der Waals surface area contributed by atoms with Crippen molar-refractivity contribution in [3.63, 3.8) is 0 Å². The van der Waals surface area contributed by atoms with Gasteiger partial charge in [0.15, 0.2) is 0 Å². The smallest absolute Gasteiger partial charge is 0.336 e. The number of aromatic carboxylic acids is 1. The van der Waals surface area contributed by atoms with Crippen molar-refractivity contribution in [1.29, 1.82) is 0 Å². The lowest BCUT2D eigenvalue weighted by molar-refractivity contribution is 0.0699. The van der Waals surface area contributed by atoms with Gasteiger partial charge >= 0.3 is 5.97 Å². The minimum atomic E-state index is -0.934. The second kappa shape index (κ2) is 5.72. The van der Waals surface area contributed by atoms with Crippen LogP contribution in [0.5, 0.6) is 0 Å². The van der Waals surface area contributed by atoms with Crippen LogP contribution in [0.1, 0.15) is 10.4 Å². The molecule has 0 aliphatic heterocycles. The summed E-state index contributed by atoms with van der Waals surface area (Å²) in [6.45, 7) is 0. The van der Waals surface area contributed by atoms with Crippen molar-refractivity contribution >= 4 is 29.3 Å². The molecular formula is C16H12ClNO2. The van der Waals surface area contributed by atoms with Crippen LogP contribution in [-0.4, -0.2) is 16.1 Å². The van der Waals surface area contributed by atoms with E-state index >= 15 is 0 Å². The third-order valence-electron chi connectivity index (χ3n) is 3.02. The number of carboxylic acid groups (broad SMARTS) is 1. The maximum Gasteiger partial charge on any atom is 0.336 e. The molecule has 0 bridgehead atoms. The molecule has 0 aliphatic carbocycles. The molecule has 3 nitrogen and oxygen atoms in total. The number of pyridine rings is 1. The number of aromatic nitrogens is 1. The number of carboxylic acids is 1. The Hall–Kier alpha value is -2.39. The summed E-state index contributed by atoms with van der Waals surface area (Å²) < 4.78 is 0. The molecule has 0 saturated heterocycles. The summed E-state index contributed by atoms with van der Waals surface area (Å²) in [6.07, 6.45) is 0. The van der Waals surface area contributed by atoms with E-state index in [2.05, 4.69) is 4.98 Å². The van der Waals surface area contributed by atoms with Crippen molar-refractivity contribution in [2.24, 2.45) is 0 Å². The topological polar surface area (TPSA) is 50.2 Å². The number of benzene rings is 2. The first kappa shape index (κ1) is 14.0. The third-order valence-corrected chi connectivity index (χ3v) is 3.02. The van der Waals surface area contributed by atoms with Crippen molar-refractivity contribution < 1.29 is 9.90 Å². The molecule has 3 rings (SSSR count). The van der Waals surface area contributed by atoms with Gasteiger partial charge in [-0.2, -0.15) is 0 Å². The lowest BCUT2D eigenvalue weighted by Gasteiger charge is -2.06. The molecule has 0 amide bonds. The molecule has 1 aromatic heterocycles. The van der Waals surface area contributed by atoms with Crippen molar-refractivity contribution in [1.82, 2.24) is 4.98 Å². The fourth-order valence-corrected chi connectivity index (χ4v) is 2.11. The van der Waals surface area contributed by atoms with E-state index in [0.717, 1.165) is 5.56 Å². The summed E-state index contributed by atoms with van der Waals surface area (Å²) in [5.41, 5.74) is 2.57. The molecule has 4 heteroatoms. The Labute approximate surface area is 122 Å². The zero-order valence-corrected chi connectivity index (χ0v) is 11.3. The number of para-hydroxylation sites is 1. The van der Waals surface area contributed by atoms with E-state index in [1.54, 1.807) is 12.1 Å². The highest BCUT2D eigenvalue weighted by molar-refractivity contribution is 6.03. The van der Waals surface area contributed by atoms with Gasteiger partial charge in [0.1, 0.15) is 0 Å². The van der Waals surface area contributed by atoms with Crippen LogP contribution in [-0.2, 0) is 0 Å². The summed E-state index contributed by atoms with van der Waals surface area (Å²) >= 11 is 0. The number of carbonyl (C=O) groups is 1. The summed E-state index contributed by atoms with van der Waals surface area (Å²) in [5, 5.41) is 9.99. The Morgan fingerprint density at radius 2 is 1.60 bits per heavy atom. The summed E-state index contributed by atoms with van der Waals surface area (Å²) in [6, 6.07) is 18.5. The first-order chi connectivity index (χ1) is 9.25. The molecule has 2 aromatic carbocycles. The molecule has 0 radical (unpaired) electrons. The van der Waals surface area contributed by atoms with E-state index in [-0.39, 0.29) is 18.0 Å². The number of nitrogens with zero attached hydrogens (tertiary/aromatic N) is 1. The quantitative estimate of drug-likeness (QED) is 0.773. The highest BCUT2D eigenvalue weighted by Crippen LogP contribution is 2.24. The molecule has 1 heterocycles. The Morgan fingerprint density at radius 3 is 2.30 bits per heavy atom. The van der Waals surface area contributed by atoms with Crippen LogP contribution in [0.4, 0.5) is 0 Å². The monoisotopic (exact) mass is 285 g/mol. The molecule has 0 unspecified atom stereocenters. The predicted molar refractivity (Wildman–Crippen MR) is 81.4 cm³/mol. The average Bonchev–Trinajstić information content (AvgIpc) is 2.47. The minimum Gasteiger partial charge on any atom is -0.478 e. The van der Waals surface area contributed by atoms with E-state index in [1.165, 1.54) is 0 Å². The number of hydrogen-bond acceptors (Lipinski definition) is 2. The molecule has 1 N–H and O–H groups in total. The molecule has 0 spiro atoms. The van der Waals surface area contributed by atoms with E-state index in [9.17, 15) is 9.90 Å². The lowest BCUT2D eigenvalue weighted by atomic mass is 10.0. The van der Waals surface area contributed by atoms with Crippen molar-refractivity contribution in [2.45, 2.75) is 0 Å². The summed E-state index contributed by atoms with van der Waals surface area (Å²) in [7, 11) is 0. The van der Waals surface area contributed by atoms with Crippen molar-refractivity contribution in [2.75, 3.05) is 0 Å². The fourth-order valence-electron chi connectivity index (χ4n) is 2.11. The molecule has 0 saturated carbocycles. The largest absolute Gasteiger partial charge is 0.478 e. The van der Waals surface area contributed by atoms with Gasteiger partial charge in [0.25, 0.3) is 0 Å². The maximum absolute atomic E-state index is 11.4. The van der Waals surface area contributed by atoms with Crippen LogP contribution in [0.2, 0.25) is 0 Å². The first-order valence-electron chi connectivity index (χ1n) is 5.94. The fraction of sp³-hybridized carbons (Fsp3) is 0. The minimum absolute atomic E-state index is 0. The molecular weight excluding hydrogens is 274 g/mol. The van der Waals surface area contributed by atoms with E-state index < -0.39 is 5.97 Å². The van der Waals surface area contributed by atoms with Crippen molar-refractivity contribution in [3.05, 3.63) is 66.2 Å². The number of fused-ring (bicyclic) bond motifs is 1. The van der Waals surface area contributed by atoms with Crippen LogP contribution in [0.25, 0.3) is 22.2 Å². The summed E-state index contributed by atoms with van der Waals surface area (Å²) in [4.78, 5) is 15.9. The second-order valence-corrected chi connectivity index (χ2v) is 4.24. The standard InChI is InChI=1S/C16H11NO2.ClH/c18-16(19)13-10-15(11-6-2-1-3-7-11)17-14-9-5-4-8-12(13)14;/h1-10H,(H,18,19);1H. The lowest BCUT2D eigenvalue weighted by Crippen LogP contribution is -2.00.